The van der Waals surface area contributed by atoms with Crippen LogP contribution < -0.4 is 5.32 Å². The quantitative estimate of drug-likeness (QED) is 0.568. The molecule has 1 aromatic heterocycles. The number of benzene rings is 2. The molecular weight excluding hydrogens is 322 g/mol. The Bertz CT molecular complexity index is 964. The monoisotopic (exact) mass is 339 g/mol. The first-order valence-corrected chi connectivity index (χ1v) is 7.95. The zero-order valence-corrected chi connectivity index (χ0v) is 13.9. The Kier molecular flexibility index (Phi) is 4.42. The number of rotatable bonds is 5. The third-order valence-corrected chi connectivity index (χ3v) is 4.00. The van der Waals surface area contributed by atoms with Gasteiger partial charge in [0.25, 0.3) is 11.6 Å². The van der Waals surface area contributed by atoms with Crippen LogP contribution in [0.4, 0.5) is 11.4 Å². The maximum atomic E-state index is 12.4. The lowest BCUT2D eigenvalue weighted by Crippen LogP contribution is -2.12. The average Bonchev–Trinajstić information content (AvgIpc) is 3.03. The molecule has 0 fully saturated rings. The first kappa shape index (κ1) is 16.6. The maximum absolute atomic E-state index is 12.4. The lowest BCUT2D eigenvalue weighted by Gasteiger charge is -2.07. The van der Waals surface area contributed by atoms with Crippen molar-refractivity contribution in [3.63, 3.8) is 0 Å². The van der Waals surface area contributed by atoms with Crippen LogP contribution in [-0.2, 0) is 13.0 Å². The van der Waals surface area contributed by atoms with Crippen molar-refractivity contribution in [2.45, 2.75) is 26.8 Å². The van der Waals surface area contributed by atoms with E-state index in [-0.39, 0.29) is 11.6 Å². The van der Waals surface area contributed by atoms with Crippen LogP contribution in [0.15, 0.2) is 36.4 Å². The van der Waals surface area contributed by atoms with Crippen LogP contribution in [0, 0.1) is 10.1 Å². The van der Waals surface area contributed by atoms with E-state index in [2.05, 4.69) is 15.6 Å². The standard InChI is InChI=1S/C17H17N5O3/c1-3-11-5-7-13(10-16(11)22(24)25)18-17(23)12-6-8-15-14(9-12)19-20-21(15)4-2/h5-10H,3-4H2,1-2H3,(H,18,23). The van der Waals surface area contributed by atoms with Crippen molar-refractivity contribution in [1.82, 2.24) is 15.0 Å². The second-order valence-corrected chi connectivity index (χ2v) is 5.52. The molecule has 1 amide bonds. The molecule has 0 spiro atoms. The fourth-order valence-corrected chi connectivity index (χ4v) is 2.66. The van der Waals surface area contributed by atoms with E-state index < -0.39 is 4.92 Å². The van der Waals surface area contributed by atoms with E-state index in [0.29, 0.717) is 35.3 Å². The first-order chi connectivity index (χ1) is 12.0. The van der Waals surface area contributed by atoms with E-state index in [1.54, 1.807) is 35.0 Å². The summed E-state index contributed by atoms with van der Waals surface area (Å²) in [7, 11) is 0. The molecule has 8 heteroatoms. The van der Waals surface area contributed by atoms with E-state index in [9.17, 15) is 14.9 Å². The number of aromatic nitrogens is 3. The molecule has 2 aromatic carbocycles. The van der Waals surface area contributed by atoms with Crippen LogP contribution in [0.25, 0.3) is 11.0 Å². The number of carbonyl (C=O) groups excluding carboxylic acids is 1. The Labute approximate surface area is 143 Å². The topological polar surface area (TPSA) is 103 Å². The van der Waals surface area contributed by atoms with Gasteiger partial charge < -0.3 is 5.32 Å². The molecule has 0 radical (unpaired) electrons. The van der Waals surface area contributed by atoms with Crippen LogP contribution in [0.1, 0.15) is 29.8 Å². The molecule has 3 rings (SSSR count). The number of aryl methyl sites for hydroxylation is 2. The van der Waals surface area contributed by atoms with Crippen LogP contribution >= 0.6 is 0 Å². The number of hydrogen-bond acceptors (Lipinski definition) is 5. The summed E-state index contributed by atoms with van der Waals surface area (Å²) in [6, 6.07) is 9.82. The van der Waals surface area contributed by atoms with E-state index >= 15 is 0 Å². The van der Waals surface area contributed by atoms with Crippen molar-refractivity contribution < 1.29 is 9.72 Å². The first-order valence-electron chi connectivity index (χ1n) is 7.95. The highest BCUT2D eigenvalue weighted by Crippen LogP contribution is 2.24. The maximum Gasteiger partial charge on any atom is 0.274 e. The van der Waals surface area contributed by atoms with Gasteiger partial charge in [0, 0.05) is 29.4 Å². The van der Waals surface area contributed by atoms with Crippen LogP contribution in [0.2, 0.25) is 0 Å². The smallest absolute Gasteiger partial charge is 0.274 e. The average molecular weight is 339 g/mol. The molecule has 8 nitrogen and oxygen atoms in total. The van der Waals surface area contributed by atoms with Gasteiger partial charge in [-0.05, 0) is 37.6 Å². The molecule has 1 heterocycles. The van der Waals surface area contributed by atoms with Crippen molar-refractivity contribution >= 4 is 28.3 Å². The van der Waals surface area contributed by atoms with Crippen LogP contribution in [0.3, 0.4) is 0 Å². The number of fused-ring (bicyclic) bond motifs is 1. The normalized spacial score (nSPS) is 10.8. The summed E-state index contributed by atoms with van der Waals surface area (Å²) in [6.07, 6.45) is 0.550. The van der Waals surface area contributed by atoms with Crippen molar-refractivity contribution in [3.05, 3.63) is 57.6 Å². The third kappa shape index (κ3) is 3.18. The van der Waals surface area contributed by atoms with E-state index in [4.69, 9.17) is 0 Å². The third-order valence-electron chi connectivity index (χ3n) is 4.00. The molecule has 0 saturated carbocycles. The highest BCUT2D eigenvalue weighted by molar-refractivity contribution is 6.06. The van der Waals surface area contributed by atoms with Gasteiger partial charge in [-0.1, -0.05) is 18.2 Å². The van der Waals surface area contributed by atoms with Gasteiger partial charge in [0.1, 0.15) is 5.52 Å². The highest BCUT2D eigenvalue weighted by atomic mass is 16.6. The fraction of sp³-hybridized carbons (Fsp3) is 0.235. The SMILES string of the molecule is CCc1ccc(NC(=O)c2ccc3c(c2)nnn3CC)cc1[N+](=O)[O-]. The molecule has 1 N–H and O–H groups in total. The lowest BCUT2D eigenvalue weighted by molar-refractivity contribution is -0.385. The predicted octanol–water partition coefficient (Wildman–Crippen LogP) is 3.17. The van der Waals surface area contributed by atoms with Crippen LogP contribution in [0.5, 0.6) is 0 Å². The molecule has 0 aliphatic rings. The molecule has 0 bridgehead atoms. The Morgan fingerprint density at radius 2 is 2.04 bits per heavy atom. The number of nitro groups is 1. The summed E-state index contributed by atoms with van der Waals surface area (Å²) in [5, 5.41) is 21.9. The summed E-state index contributed by atoms with van der Waals surface area (Å²) >= 11 is 0. The molecule has 25 heavy (non-hydrogen) atoms. The largest absolute Gasteiger partial charge is 0.322 e. The Hall–Kier alpha value is -3.29. The summed E-state index contributed by atoms with van der Waals surface area (Å²) < 4.78 is 1.74. The van der Waals surface area contributed by atoms with Gasteiger partial charge in [-0.25, -0.2) is 4.68 Å². The molecule has 0 atom stereocenters. The number of carbonyl (C=O) groups is 1. The summed E-state index contributed by atoms with van der Waals surface area (Å²) in [6.45, 7) is 4.50. The summed E-state index contributed by atoms with van der Waals surface area (Å²) in [5.41, 5.74) is 2.90. The summed E-state index contributed by atoms with van der Waals surface area (Å²) in [4.78, 5) is 23.1. The van der Waals surface area contributed by atoms with Gasteiger partial charge in [-0.3, -0.25) is 14.9 Å². The summed E-state index contributed by atoms with van der Waals surface area (Å²) in [5.74, 6) is -0.355. The van der Waals surface area contributed by atoms with E-state index in [1.807, 2.05) is 13.8 Å². The van der Waals surface area contributed by atoms with Crippen molar-refractivity contribution in [2.75, 3.05) is 5.32 Å². The Balaban J connectivity index is 1.87. The number of nitrogens with zero attached hydrogens (tertiary/aromatic N) is 4. The molecular formula is C17H17N5O3. The number of nitro benzene ring substituents is 1. The zero-order chi connectivity index (χ0) is 18.0. The Morgan fingerprint density at radius 3 is 2.72 bits per heavy atom. The second-order valence-electron chi connectivity index (χ2n) is 5.52. The van der Waals surface area contributed by atoms with Gasteiger partial charge in [-0.2, -0.15) is 0 Å². The Morgan fingerprint density at radius 1 is 1.24 bits per heavy atom. The molecule has 3 aromatic rings. The van der Waals surface area contributed by atoms with E-state index in [0.717, 1.165) is 5.52 Å². The molecule has 128 valence electrons. The lowest BCUT2D eigenvalue weighted by atomic mass is 10.1. The predicted molar refractivity (Wildman–Crippen MR) is 93.6 cm³/mol. The van der Waals surface area contributed by atoms with Crippen LogP contribution in [-0.4, -0.2) is 25.8 Å². The zero-order valence-electron chi connectivity index (χ0n) is 13.9. The number of nitrogens with one attached hydrogen (secondary N) is 1. The van der Waals surface area contributed by atoms with Crippen molar-refractivity contribution in [1.29, 1.82) is 0 Å². The number of anilines is 1. The molecule has 0 unspecified atom stereocenters. The van der Waals surface area contributed by atoms with Crippen molar-refractivity contribution in [2.24, 2.45) is 0 Å². The fourth-order valence-electron chi connectivity index (χ4n) is 2.66. The van der Waals surface area contributed by atoms with Gasteiger partial charge in [0.15, 0.2) is 0 Å². The second kappa shape index (κ2) is 6.68. The minimum absolute atomic E-state index is 0.00152. The number of hydrogen-bond donors (Lipinski definition) is 1. The van der Waals surface area contributed by atoms with Gasteiger partial charge in [-0.15, -0.1) is 5.10 Å². The molecule has 0 aliphatic carbocycles. The highest BCUT2D eigenvalue weighted by Gasteiger charge is 2.15. The van der Waals surface area contributed by atoms with Gasteiger partial charge in [0.2, 0.25) is 0 Å². The minimum atomic E-state index is -0.441. The number of amides is 1. The van der Waals surface area contributed by atoms with Gasteiger partial charge in [0.05, 0.1) is 10.4 Å². The van der Waals surface area contributed by atoms with E-state index in [1.165, 1.54) is 6.07 Å². The molecule has 0 aliphatic heterocycles. The minimum Gasteiger partial charge on any atom is -0.322 e. The molecule has 0 saturated heterocycles. The van der Waals surface area contributed by atoms with Crippen molar-refractivity contribution in [3.8, 4) is 0 Å². The van der Waals surface area contributed by atoms with Gasteiger partial charge >= 0.3 is 0 Å².